The molecule has 4 rings (SSSR count). The quantitative estimate of drug-likeness (QED) is 0.245. The maximum atomic E-state index is 12.3. The third-order valence-electron chi connectivity index (χ3n) is 8.89. The summed E-state index contributed by atoms with van der Waals surface area (Å²) >= 11 is 0. The van der Waals surface area contributed by atoms with Gasteiger partial charge in [0.15, 0.2) is 6.29 Å². The summed E-state index contributed by atoms with van der Waals surface area (Å²) in [7, 11) is 4.76. The highest BCUT2D eigenvalue weighted by Crippen LogP contribution is 2.62. The number of rotatable bonds is 6. The van der Waals surface area contributed by atoms with Gasteiger partial charge in [0.25, 0.3) is 0 Å². The summed E-state index contributed by atoms with van der Waals surface area (Å²) in [5, 5.41) is 22.3. The molecule has 2 heterocycles. The number of esters is 1. The molecular formula is C35H55NO9. The number of allylic oxidation sites excluding steroid dienone is 1. The number of carbonyl (C=O) groups is 3. The van der Waals surface area contributed by atoms with Gasteiger partial charge in [0.05, 0.1) is 24.9 Å². The lowest BCUT2D eigenvalue weighted by Gasteiger charge is -2.64. The van der Waals surface area contributed by atoms with Gasteiger partial charge >= 0.3 is 5.97 Å². The number of aldehydes is 2. The minimum absolute atomic E-state index is 0.0261. The molecule has 0 saturated heterocycles. The molecule has 0 radical (unpaired) electrons. The van der Waals surface area contributed by atoms with E-state index >= 15 is 0 Å². The van der Waals surface area contributed by atoms with E-state index in [2.05, 4.69) is 16.6 Å². The molecule has 3 aliphatic rings. The predicted octanol–water partition coefficient (Wildman–Crippen LogP) is 5.17. The van der Waals surface area contributed by atoms with Crippen molar-refractivity contribution in [2.45, 2.75) is 98.6 Å². The van der Waals surface area contributed by atoms with Crippen molar-refractivity contribution < 1.29 is 43.5 Å². The Balaban J connectivity index is 0.000000893. The van der Waals surface area contributed by atoms with Crippen LogP contribution in [0.15, 0.2) is 41.9 Å². The van der Waals surface area contributed by atoms with Gasteiger partial charge in [0, 0.05) is 57.0 Å². The molecular weight excluding hydrogens is 578 g/mol. The van der Waals surface area contributed by atoms with Gasteiger partial charge in [-0.05, 0) is 55.6 Å². The summed E-state index contributed by atoms with van der Waals surface area (Å²) in [6.07, 6.45) is 5.83. The van der Waals surface area contributed by atoms with Gasteiger partial charge in [-0.1, -0.05) is 41.5 Å². The van der Waals surface area contributed by atoms with E-state index in [0.717, 1.165) is 6.29 Å². The first-order valence-corrected chi connectivity index (χ1v) is 15.7. The lowest BCUT2D eigenvalue weighted by molar-refractivity contribution is -0.256. The highest BCUT2D eigenvalue weighted by atomic mass is 16.6. The van der Waals surface area contributed by atoms with Crippen molar-refractivity contribution in [2.75, 3.05) is 21.3 Å². The van der Waals surface area contributed by atoms with Crippen molar-refractivity contribution in [1.82, 2.24) is 4.98 Å². The van der Waals surface area contributed by atoms with Crippen molar-refractivity contribution in [2.24, 2.45) is 29.1 Å². The maximum Gasteiger partial charge on any atom is 0.303 e. The normalized spacial score (nSPS) is 31.9. The topological polar surface area (TPSA) is 141 Å². The van der Waals surface area contributed by atoms with Crippen LogP contribution in [-0.2, 0) is 33.3 Å². The van der Waals surface area contributed by atoms with Gasteiger partial charge in [-0.25, -0.2) is 0 Å². The van der Waals surface area contributed by atoms with Gasteiger partial charge in [-0.2, -0.15) is 0 Å². The second-order valence-electron chi connectivity index (χ2n) is 12.3. The van der Waals surface area contributed by atoms with Gasteiger partial charge in [-0.3, -0.25) is 14.6 Å². The molecule has 2 fully saturated rings. The first kappa shape index (κ1) is 39.9. The average Bonchev–Trinajstić information content (AvgIpc) is 3.01. The second kappa shape index (κ2) is 18.2. The molecule has 10 heteroatoms. The number of ether oxygens (including phenoxy) is 4. The predicted molar refractivity (Wildman–Crippen MR) is 173 cm³/mol. The molecule has 1 aromatic rings. The molecule has 45 heavy (non-hydrogen) atoms. The maximum absolute atomic E-state index is 12.3. The molecule has 1 aliphatic heterocycles. The summed E-state index contributed by atoms with van der Waals surface area (Å²) in [6, 6.07) is 3.58. The third-order valence-corrected chi connectivity index (χ3v) is 8.89. The number of hydrogen-bond donors (Lipinski definition) is 2. The Morgan fingerprint density at radius 2 is 1.76 bits per heavy atom. The minimum atomic E-state index is -1.15. The van der Waals surface area contributed by atoms with Gasteiger partial charge < -0.3 is 34.0 Å². The Morgan fingerprint density at radius 3 is 2.22 bits per heavy atom. The van der Waals surface area contributed by atoms with Gasteiger partial charge in [0.1, 0.15) is 29.5 Å². The largest absolute Gasteiger partial charge is 0.496 e. The zero-order valence-corrected chi connectivity index (χ0v) is 28.9. The number of aliphatic hydroxyl groups is 2. The summed E-state index contributed by atoms with van der Waals surface area (Å²) < 4.78 is 22.2. The van der Waals surface area contributed by atoms with Gasteiger partial charge in [-0.15, -0.1) is 0 Å². The standard InChI is InChI=1S/C27H35NO7.C4H8O.C2H6O.C2H6/c1-15-19-11-23(34-16(2)30)27(4)25(26(19,3)9-8-20(15)31)24(32)18(14-29)22(35-27)12-21(33-5)17-7-6-10-28-13-17;1-4(2)3-5;1-3-2;1-2/h6-7,10,12-15,19-20,23-25,31-32H,8-9,11H2,1-5H3;3-4H,1-2H3;1-2H3;1-2H3/b21-12-;;;. The van der Waals surface area contributed by atoms with Crippen LogP contribution in [0.1, 0.15) is 80.2 Å². The Bertz CT molecular complexity index is 1150. The monoisotopic (exact) mass is 633 g/mol. The Labute approximate surface area is 269 Å². The van der Waals surface area contributed by atoms with E-state index in [1.807, 2.05) is 47.6 Å². The summed E-state index contributed by atoms with van der Waals surface area (Å²) in [4.78, 5) is 38.0. The average molecular weight is 634 g/mol. The fourth-order valence-corrected chi connectivity index (χ4v) is 6.88. The first-order chi connectivity index (χ1) is 21.2. The molecule has 2 aliphatic carbocycles. The SMILES string of the molecule is CC.CC(C)C=O.CO/C(=C\C1=C(C=O)C(O)C2C3(C)CCC(O)C(C)C3CC(OC(C)=O)C2(C)O1)c1cccnc1.COC. The molecule has 2 N–H and O–H groups in total. The number of methoxy groups -OCH3 is 2. The fraction of sp³-hybridized carbons (Fsp3) is 0.657. The Morgan fingerprint density at radius 1 is 1.16 bits per heavy atom. The van der Waals surface area contributed by atoms with Crippen LogP contribution >= 0.6 is 0 Å². The molecule has 0 amide bonds. The number of aromatic nitrogens is 1. The molecule has 1 aromatic heterocycles. The first-order valence-electron chi connectivity index (χ1n) is 15.7. The van der Waals surface area contributed by atoms with Gasteiger partial charge in [0.2, 0.25) is 0 Å². The van der Waals surface area contributed by atoms with Crippen molar-refractivity contribution in [1.29, 1.82) is 0 Å². The van der Waals surface area contributed by atoms with Crippen LogP contribution in [0, 0.1) is 29.1 Å². The molecule has 254 valence electrons. The van der Waals surface area contributed by atoms with E-state index in [1.165, 1.54) is 14.0 Å². The highest BCUT2D eigenvalue weighted by Gasteiger charge is 2.67. The number of pyridine rings is 1. The lowest BCUT2D eigenvalue weighted by Crippen LogP contribution is -2.69. The van der Waals surface area contributed by atoms with Crippen molar-refractivity contribution in [3.05, 3.63) is 47.5 Å². The number of aliphatic hydroxyl groups excluding tert-OH is 2. The number of nitrogens with zero attached hydrogens (tertiary/aromatic N) is 1. The van der Waals surface area contributed by atoms with Crippen LogP contribution in [0.25, 0.3) is 5.76 Å². The smallest absolute Gasteiger partial charge is 0.303 e. The molecule has 2 saturated carbocycles. The third kappa shape index (κ3) is 9.24. The molecule has 0 bridgehead atoms. The number of fused-ring (bicyclic) bond motifs is 3. The zero-order chi connectivity index (χ0) is 34.5. The van der Waals surface area contributed by atoms with Crippen LogP contribution in [0.2, 0.25) is 0 Å². The molecule has 8 unspecified atom stereocenters. The Hall–Kier alpha value is -3.08. The molecule has 0 aromatic carbocycles. The molecule has 0 spiro atoms. The van der Waals surface area contributed by atoms with Crippen LogP contribution in [0.4, 0.5) is 0 Å². The number of carbonyl (C=O) groups excluding carboxylic acids is 3. The van der Waals surface area contributed by atoms with E-state index in [0.29, 0.717) is 36.9 Å². The van der Waals surface area contributed by atoms with E-state index in [-0.39, 0.29) is 29.1 Å². The fourth-order valence-electron chi connectivity index (χ4n) is 6.88. The van der Waals surface area contributed by atoms with E-state index < -0.39 is 41.2 Å². The van der Waals surface area contributed by atoms with Crippen LogP contribution in [0.3, 0.4) is 0 Å². The van der Waals surface area contributed by atoms with Crippen molar-refractivity contribution >= 4 is 24.3 Å². The molecule has 10 nitrogen and oxygen atoms in total. The van der Waals surface area contributed by atoms with E-state index in [1.54, 1.807) is 38.8 Å². The Kier molecular flexibility index (Phi) is 16.1. The minimum Gasteiger partial charge on any atom is -0.496 e. The number of hydrogen-bond acceptors (Lipinski definition) is 10. The van der Waals surface area contributed by atoms with Crippen LogP contribution in [0.5, 0.6) is 0 Å². The van der Waals surface area contributed by atoms with E-state index in [9.17, 15) is 24.6 Å². The van der Waals surface area contributed by atoms with Crippen LogP contribution < -0.4 is 0 Å². The second-order valence-corrected chi connectivity index (χ2v) is 12.3. The summed E-state index contributed by atoms with van der Waals surface area (Å²) in [5.41, 5.74) is -0.751. The molecule has 8 atom stereocenters. The van der Waals surface area contributed by atoms with E-state index in [4.69, 9.17) is 14.2 Å². The zero-order valence-electron chi connectivity index (χ0n) is 28.9. The van der Waals surface area contributed by atoms with Crippen molar-refractivity contribution in [3.63, 3.8) is 0 Å². The highest BCUT2D eigenvalue weighted by molar-refractivity contribution is 5.78. The van der Waals surface area contributed by atoms with Crippen molar-refractivity contribution in [3.8, 4) is 0 Å². The summed E-state index contributed by atoms with van der Waals surface area (Å²) in [6.45, 7) is 15.0. The summed E-state index contributed by atoms with van der Waals surface area (Å²) in [5.74, 6) is -0.267. The lowest BCUT2D eigenvalue weighted by atomic mass is 9.46. The van der Waals surface area contributed by atoms with Crippen LogP contribution in [-0.4, -0.2) is 79.0 Å².